The van der Waals surface area contributed by atoms with E-state index < -0.39 is 0 Å². The topological polar surface area (TPSA) is 54.2 Å². The zero-order valence-electron chi connectivity index (χ0n) is 14.2. The fourth-order valence-corrected chi connectivity index (χ4v) is 4.06. The van der Waals surface area contributed by atoms with Crippen molar-refractivity contribution in [2.75, 3.05) is 6.54 Å². The van der Waals surface area contributed by atoms with Gasteiger partial charge in [0.25, 0.3) is 0 Å². The lowest BCUT2D eigenvalue weighted by Gasteiger charge is -2.24. The lowest BCUT2D eigenvalue weighted by Crippen LogP contribution is -2.26. The van der Waals surface area contributed by atoms with Crippen molar-refractivity contribution in [2.45, 2.75) is 62.8 Å². The van der Waals surface area contributed by atoms with Crippen LogP contribution in [-0.4, -0.2) is 37.4 Å². The van der Waals surface area contributed by atoms with E-state index in [1.54, 1.807) is 0 Å². The second-order valence-electron chi connectivity index (χ2n) is 7.74. The summed E-state index contributed by atoms with van der Waals surface area (Å²) in [6.45, 7) is 1.31. The van der Waals surface area contributed by atoms with E-state index in [9.17, 15) is 9.50 Å². The molecule has 1 N–H and O–H groups in total. The van der Waals surface area contributed by atoms with Crippen LogP contribution in [0.2, 0.25) is 0 Å². The molecule has 0 spiro atoms. The van der Waals surface area contributed by atoms with Gasteiger partial charge in [-0.1, -0.05) is 12.1 Å². The van der Waals surface area contributed by atoms with Crippen LogP contribution < -0.4 is 0 Å². The van der Waals surface area contributed by atoms with Crippen LogP contribution in [0.3, 0.4) is 0 Å². The molecule has 2 aromatic rings. The van der Waals surface area contributed by atoms with Crippen LogP contribution in [-0.2, 0) is 6.54 Å². The van der Waals surface area contributed by atoms with E-state index in [2.05, 4.69) is 19.7 Å². The zero-order chi connectivity index (χ0) is 17.0. The maximum atomic E-state index is 13.2. The molecular formula is C19H23FN4O. The second kappa shape index (κ2) is 5.88. The first-order valence-electron chi connectivity index (χ1n) is 9.30. The molecule has 3 aliphatic rings. The van der Waals surface area contributed by atoms with Crippen LogP contribution in [0.25, 0.3) is 0 Å². The first-order valence-corrected chi connectivity index (χ1v) is 9.30. The predicted octanol–water partition coefficient (Wildman–Crippen LogP) is 2.94. The van der Waals surface area contributed by atoms with Gasteiger partial charge in [-0.05, 0) is 49.8 Å². The van der Waals surface area contributed by atoms with Crippen molar-refractivity contribution in [1.29, 1.82) is 0 Å². The Morgan fingerprint density at radius 1 is 1.08 bits per heavy atom. The number of hydrogen-bond acceptors (Lipinski definition) is 4. The maximum Gasteiger partial charge on any atom is 0.147 e. The van der Waals surface area contributed by atoms with Crippen molar-refractivity contribution >= 4 is 0 Å². The Hall–Kier alpha value is -1.79. The summed E-state index contributed by atoms with van der Waals surface area (Å²) in [5, 5.41) is 19.2. The SMILES string of the molecule is O[C@@H]1C[C@@H](c2ccc(F)cc2)N(Cc2nnc(C3CC3)n2C2CC2)C1. The van der Waals surface area contributed by atoms with E-state index in [-0.39, 0.29) is 18.0 Å². The molecule has 0 amide bonds. The Labute approximate surface area is 146 Å². The number of aromatic nitrogens is 3. The number of aliphatic hydroxyl groups excluding tert-OH is 1. The van der Waals surface area contributed by atoms with Crippen molar-refractivity contribution in [3.8, 4) is 0 Å². The highest BCUT2D eigenvalue weighted by Gasteiger charge is 2.38. The van der Waals surface area contributed by atoms with Crippen LogP contribution in [0.5, 0.6) is 0 Å². The lowest BCUT2D eigenvalue weighted by atomic mass is 10.0. The summed E-state index contributed by atoms with van der Waals surface area (Å²) in [4.78, 5) is 2.26. The summed E-state index contributed by atoms with van der Waals surface area (Å²) in [7, 11) is 0. The average molecular weight is 342 g/mol. The third kappa shape index (κ3) is 2.98. The lowest BCUT2D eigenvalue weighted by molar-refractivity contribution is 0.170. The van der Waals surface area contributed by atoms with Gasteiger partial charge >= 0.3 is 0 Å². The minimum atomic E-state index is -0.352. The summed E-state index contributed by atoms with van der Waals surface area (Å²) >= 11 is 0. The quantitative estimate of drug-likeness (QED) is 0.908. The van der Waals surface area contributed by atoms with E-state index in [1.165, 1.54) is 37.8 Å². The zero-order valence-corrected chi connectivity index (χ0v) is 14.2. The van der Waals surface area contributed by atoms with Gasteiger partial charge in [-0.25, -0.2) is 4.39 Å². The van der Waals surface area contributed by atoms with Gasteiger partial charge in [0.15, 0.2) is 0 Å². The summed E-state index contributed by atoms with van der Waals surface area (Å²) in [6, 6.07) is 7.31. The summed E-state index contributed by atoms with van der Waals surface area (Å²) < 4.78 is 15.6. The van der Waals surface area contributed by atoms with Gasteiger partial charge < -0.3 is 9.67 Å². The first-order chi connectivity index (χ1) is 12.2. The summed E-state index contributed by atoms with van der Waals surface area (Å²) in [5.41, 5.74) is 1.05. The molecular weight excluding hydrogens is 319 g/mol. The molecule has 132 valence electrons. The van der Waals surface area contributed by atoms with Crippen LogP contribution >= 0.6 is 0 Å². The highest BCUT2D eigenvalue weighted by atomic mass is 19.1. The Morgan fingerprint density at radius 2 is 1.84 bits per heavy atom. The number of benzene rings is 1. The third-order valence-corrected chi connectivity index (χ3v) is 5.63. The van der Waals surface area contributed by atoms with E-state index in [1.807, 2.05) is 12.1 Å². The smallest absolute Gasteiger partial charge is 0.147 e. The molecule has 6 heteroatoms. The third-order valence-electron chi connectivity index (χ3n) is 5.63. The van der Waals surface area contributed by atoms with Crippen molar-refractivity contribution < 1.29 is 9.50 Å². The Balaban J connectivity index is 1.41. The van der Waals surface area contributed by atoms with Gasteiger partial charge in [0.2, 0.25) is 0 Å². The number of aliphatic hydroxyl groups is 1. The van der Waals surface area contributed by atoms with Gasteiger partial charge in [-0.2, -0.15) is 0 Å². The molecule has 3 fully saturated rings. The molecule has 0 unspecified atom stereocenters. The second-order valence-corrected chi connectivity index (χ2v) is 7.74. The van der Waals surface area contributed by atoms with Crippen LogP contribution in [0.15, 0.2) is 24.3 Å². The van der Waals surface area contributed by atoms with Crippen LogP contribution in [0.4, 0.5) is 4.39 Å². The molecule has 1 aliphatic heterocycles. The fourth-order valence-electron chi connectivity index (χ4n) is 4.06. The number of rotatable bonds is 5. The molecule has 0 bridgehead atoms. The monoisotopic (exact) mass is 342 g/mol. The number of β-amino-alcohol motifs (C(OH)–C–C–N with tert-alkyl or cyclic N) is 1. The minimum absolute atomic E-state index is 0.101. The van der Waals surface area contributed by atoms with Gasteiger partial charge in [-0.15, -0.1) is 10.2 Å². The first kappa shape index (κ1) is 15.5. The van der Waals surface area contributed by atoms with Crippen molar-refractivity contribution in [3.63, 3.8) is 0 Å². The molecule has 2 atom stereocenters. The van der Waals surface area contributed by atoms with E-state index in [4.69, 9.17) is 0 Å². The highest BCUT2D eigenvalue weighted by molar-refractivity contribution is 5.22. The molecule has 1 saturated heterocycles. The van der Waals surface area contributed by atoms with Crippen molar-refractivity contribution in [3.05, 3.63) is 47.3 Å². The van der Waals surface area contributed by atoms with Gasteiger partial charge in [-0.3, -0.25) is 4.90 Å². The number of halogens is 1. The summed E-state index contributed by atoms with van der Waals surface area (Å²) in [6.07, 6.45) is 5.22. The maximum absolute atomic E-state index is 13.2. The van der Waals surface area contributed by atoms with Gasteiger partial charge in [0, 0.05) is 24.5 Å². The Bertz CT molecular complexity index is 766. The van der Waals surface area contributed by atoms with Gasteiger partial charge in [0.05, 0.1) is 12.6 Å². The molecule has 1 aromatic heterocycles. The normalized spacial score (nSPS) is 27.1. The van der Waals surface area contributed by atoms with E-state index >= 15 is 0 Å². The molecule has 2 aliphatic carbocycles. The standard InChI is InChI=1S/C19H23FN4O/c20-14-5-3-12(4-6-14)17-9-16(25)10-23(17)11-18-21-22-19(13-1-2-13)24(18)15-7-8-15/h3-6,13,15-17,25H,1-2,7-11H2/t16-,17+/m1/s1. The highest BCUT2D eigenvalue weighted by Crippen LogP contribution is 2.45. The average Bonchev–Trinajstić information content (AvgIpc) is 3.53. The molecule has 25 heavy (non-hydrogen) atoms. The largest absolute Gasteiger partial charge is 0.392 e. The molecule has 5 rings (SSSR count). The molecule has 1 aromatic carbocycles. The minimum Gasteiger partial charge on any atom is -0.392 e. The van der Waals surface area contributed by atoms with E-state index in [0.717, 1.165) is 17.2 Å². The molecule has 2 heterocycles. The van der Waals surface area contributed by atoms with Crippen LogP contribution in [0, 0.1) is 5.82 Å². The molecule has 5 nitrogen and oxygen atoms in total. The van der Waals surface area contributed by atoms with Crippen molar-refractivity contribution in [2.24, 2.45) is 0 Å². The number of nitrogens with zero attached hydrogens (tertiary/aromatic N) is 4. The van der Waals surface area contributed by atoms with Crippen LogP contribution in [0.1, 0.15) is 67.3 Å². The van der Waals surface area contributed by atoms with Crippen molar-refractivity contribution in [1.82, 2.24) is 19.7 Å². The summed E-state index contributed by atoms with van der Waals surface area (Å²) in [5.74, 6) is 2.55. The number of likely N-dealkylation sites (tertiary alicyclic amines) is 1. The molecule has 2 saturated carbocycles. The molecule has 0 radical (unpaired) electrons. The number of hydrogen-bond donors (Lipinski definition) is 1. The predicted molar refractivity (Wildman–Crippen MR) is 90.4 cm³/mol. The van der Waals surface area contributed by atoms with Gasteiger partial charge in [0.1, 0.15) is 17.5 Å². The fraction of sp³-hybridized carbons (Fsp3) is 0.579. The Kier molecular flexibility index (Phi) is 3.64. The van der Waals surface area contributed by atoms with E-state index in [0.29, 0.717) is 31.5 Å². The Morgan fingerprint density at radius 3 is 2.52 bits per heavy atom.